The average Bonchev–Trinajstić information content (AvgIpc) is 2.57. The minimum atomic E-state index is -0.968. The average molecular weight is 197 g/mol. The Morgan fingerprint density at radius 1 is 1.21 bits per heavy atom. The maximum absolute atomic E-state index is 12.8. The van der Waals surface area contributed by atoms with Crippen LogP contribution in [0.4, 0.5) is 8.78 Å². The first-order valence-corrected chi connectivity index (χ1v) is 3.80. The number of halogens is 2. The molecule has 5 heteroatoms. The Hall–Kier alpha value is -1.91. The van der Waals surface area contributed by atoms with Crippen LogP contribution in [0.25, 0.3) is 11.3 Å². The van der Waals surface area contributed by atoms with E-state index < -0.39 is 17.4 Å². The maximum Gasteiger partial charge on any atom is 0.416 e. The van der Waals surface area contributed by atoms with Gasteiger partial charge in [-0.3, -0.25) is 4.98 Å². The second-order valence-corrected chi connectivity index (χ2v) is 2.69. The largest absolute Gasteiger partial charge is 0.416 e. The van der Waals surface area contributed by atoms with Crippen molar-refractivity contribution < 1.29 is 13.2 Å². The van der Waals surface area contributed by atoms with Gasteiger partial charge in [-0.1, -0.05) is 0 Å². The zero-order chi connectivity index (χ0) is 10.1. The first-order valence-electron chi connectivity index (χ1n) is 3.80. The second-order valence-electron chi connectivity index (χ2n) is 2.69. The molecule has 1 N–H and O–H groups in total. The first-order chi connectivity index (χ1) is 6.66. The van der Waals surface area contributed by atoms with Gasteiger partial charge >= 0.3 is 5.76 Å². The fourth-order valence-electron chi connectivity index (χ4n) is 1.09. The molecule has 1 heterocycles. The van der Waals surface area contributed by atoms with Crippen LogP contribution in [0.15, 0.2) is 33.7 Å². The predicted molar refractivity (Wildman–Crippen MR) is 44.7 cm³/mol. The normalized spacial score (nSPS) is 10.4. The van der Waals surface area contributed by atoms with Gasteiger partial charge in [-0.2, -0.15) is 0 Å². The van der Waals surface area contributed by atoms with Crippen LogP contribution in [0.2, 0.25) is 0 Å². The molecule has 0 amide bonds. The van der Waals surface area contributed by atoms with Crippen LogP contribution in [0, 0.1) is 11.6 Å². The van der Waals surface area contributed by atoms with Crippen LogP contribution in [0.3, 0.4) is 0 Å². The van der Waals surface area contributed by atoms with E-state index in [1.54, 1.807) is 0 Å². The van der Waals surface area contributed by atoms with Crippen LogP contribution in [0.5, 0.6) is 0 Å². The molecular formula is C9H5F2NO2. The van der Waals surface area contributed by atoms with Crippen LogP contribution >= 0.6 is 0 Å². The molecule has 0 aliphatic heterocycles. The zero-order valence-electron chi connectivity index (χ0n) is 6.88. The molecule has 14 heavy (non-hydrogen) atoms. The summed E-state index contributed by atoms with van der Waals surface area (Å²) in [6, 6.07) is 3.31. The SMILES string of the molecule is O=c1[nH]c(-c2ccc(F)c(F)c2)co1. The Kier molecular flexibility index (Phi) is 1.92. The van der Waals surface area contributed by atoms with Gasteiger partial charge in [0.2, 0.25) is 0 Å². The summed E-state index contributed by atoms with van der Waals surface area (Å²) in [6.07, 6.45) is 1.15. The fourth-order valence-corrected chi connectivity index (χ4v) is 1.09. The molecule has 1 aromatic carbocycles. The lowest BCUT2D eigenvalue weighted by molar-refractivity contribution is 0.509. The quantitative estimate of drug-likeness (QED) is 0.758. The number of H-pyrrole nitrogens is 1. The number of benzene rings is 1. The molecule has 3 nitrogen and oxygen atoms in total. The van der Waals surface area contributed by atoms with Gasteiger partial charge in [0, 0.05) is 5.56 Å². The van der Waals surface area contributed by atoms with E-state index in [1.807, 2.05) is 0 Å². The Morgan fingerprint density at radius 3 is 2.57 bits per heavy atom. The number of hydrogen-bond donors (Lipinski definition) is 1. The van der Waals surface area contributed by atoms with Crippen LogP contribution < -0.4 is 5.76 Å². The van der Waals surface area contributed by atoms with Gasteiger partial charge in [-0.05, 0) is 18.2 Å². The summed E-state index contributed by atoms with van der Waals surface area (Å²) in [5, 5.41) is 0. The number of oxazole rings is 1. The van der Waals surface area contributed by atoms with E-state index >= 15 is 0 Å². The number of nitrogens with one attached hydrogen (secondary N) is 1. The van der Waals surface area contributed by atoms with Crippen molar-refractivity contribution in [2.75, 3.05) is 0 Å². The van der Waals surface area contributed by atoms with Gasteiger partial charge in [0.25, 0.3) is 0 Å². The molecule has 0 unspecified atom stereocenters. The van der Waals surface area contributed by atoms with E-state index in [9.17, 15) is 13.6 Å². The van der Waals surface area contributed by atoms with Crippen molar-refractivity contribution in [2.45, 2.75) is 0 Å². The molecule has 0 radical (unpaired) electrons. The van der Waals surface area contributed by atoms with Crippen molar-refractivity contribution in [1.29, 1.82) is 0 Å². The highest BCUT2D eigenvalue weighted by Crippen LogP contribution is 2.18. The van der Waals surface area contributed by atoms with Gasteiger partial charge in [0.05, 0.1) is 5.69 Å². The zero-order valence-corrected chi connectivity index (χ0v) is 6.88. The highest BCUT2D eigenvalue weighted by molar-refractivity contribution is 5.57. The number of rotatable bonds is 1. The molecule has 0 fully saturated rings. The predicted octanol–water partition coefficient (Wildman–Crippen LogP) is 1.91. The third-order valence-electron chi connectivity index (χ3n) is 1.75. The van der Waals surface area contributed by atoms with Crippen molar-refractivity contribution in [1.82, 2.24) is 4.98 Å². The molecule has 0 saturated carbocycles. The molecule has 0 aliphatic carbocycles. The molecule has 0 atom stereocenters. The Balaban J connectivity index is 2.52. The van der Waals surface area contributed by atoms with E-state index in [0.29, 0.717) is 11.3 Å². The van der Waals surface area contributed by atoms with Crippen molar-refractivity contribution in [3.63, 3.8) is 0 Å². The van der Waals surface area contributed by atoms with Gasteiger partial charge in [-0.15, -0.1) is 0 Å². The monoisotopic (exact) mass is 197 g/mol. The summed E-state index contributed by atoms with van der Waals surface area (Å²) in [4.78, 5) is 13.0. The number of aromatic nitrogens is 1. The molecule has 2 aromatic rings. The summed E-state index contributed by atoms with van der Waals surface area (Å²) < 4.78 is 29.8. The first kappa shape index (κ1) is 8.68. The van der Waals surface area contributed by atoms with Crippen molar-refractivity contribution in [3.05, 3.63) is 46.6 Å². The molecule has 2 rings (SSSR count). The van der Waals surface area contributed by atoms with Gasteiger partial charge < -0.3 is 4.42 Å². The van der Waals surface area contributed by atoms with Crippen LogP contribution in [-0.2, 0) is 0 Å². The highest BCUT2D eigenvalue weighted by Gasteiger charge is 2.06. The van der Waals surface area contributed by atoms with E-state index in [2.05, 4.69) is 9.40 Å². The summed E-state index contributed by atoms with van der Waals surface area (Å²) >= 11 is 0. The Morgan fingerprint density at radius 2 is 2.00 bits per heavy atom. The van der Waals surface area contributed by atoms with Gasteiger partial charge in [0.1, 0.15) is 6.26 Å². The Labute approximate surface area is 77.0 Å². The summed E-state index contributed by atoms with van der Waals surface area (Å²) in [7, 11) is 0. The van der Waals surface area contributed by atoms with Crippen LogP contribution in [-0.4, -0.2) is 4.98 Å². The Bertz CT molecular complexity index is 516. The molecule has 0 aliphatic rings. The fraction of sp³-hybridized carbons (Fsp3) is 0. The van der Waals surface area contributed by atoms with E-state index in [4.69, 9.17) is 0 Å². The van der Waals surface area contributed by atoms with Crippen molar-refractivity contribution in [3.8, 4) is 11.3 Å². The second kappa shape index (κ2) is 3.10. The summed E-state index contributed by atoms with van der Waals surface area (Å²) in [5.74, 6) is -2.53. The van der Waals surface area contributed by atoms with Gasteiger partial charge in [0.15, 0.2) is 11.6 Å². The van der Waals surface area contributed by atoms with E-state index in [0.717, 1.165) is 18.4 Å². The summed E-state index contributed by atoms with van der Waals surface area (Å²) in [5.41, 5.74) is 0.670. The minimum absolute atomic E-state index is 0.314. The summed E-state index contributed by atoms with van der Waals surface area (Å²) in [6.45, 7) is 0. The lowest BCUT2D eigenvalue weighted by Gasteiger charge is -1.96. The molecule has 1 aromatic heterocycles. The molecule has 72 valence electrons. The lowest BCUT2D eigenvalue weighted by Crippen LogP contribution is -1.95. The minimum Gasteiger partial charge on any atom is -0.416 e. The lowest BCUT2D eigenvalue weighted by atomic mass is 10.2. The highest BCUT2D eigenvalue weighted by atomic mass is 19.2. The van der Waals surface area contributed by atoms with Crippen molar-refractivity contribution >= 4 is 0 Å². The topological polar surface area (TPSA) is 46.0 Å². The molecular weight excluding hydrogens is 192 g/mol. The molecule has 0 saturated heterocycles. The van der Waals surface area contributed by atoms with Crippen molar-refractivity contribution in [2.24, 2.45) is 0 Å². The smallest absolute Gasteiger partial charge is 0.416 e. The standard InChI is InChI=1S/C9H5F2NO2/c10-6-2-1-5(3-7(6)11)8-4-14-9(13)12-8/h1-4H,(H,12,13). The van der Waals surface area contributed by atoms with Crippen LogP contribution in [0.1, 0.15) is 0 Å². The molecule has 0 bridgehead atoms. The third kappa shape index (κ3) is 1.44. The van der Waals surface area contributed by atoms with E-state index in [1.165, 1.54) is 6.07 Å². The number of hydrogen-bond acceptors (Lipinski definition) is 2. The molecule has 0 spiro atoms. The van der Waals surface area contributed by atoms with E-state index in [-0.39, 0.29) is 0 Å². The number of aromatic amines is 1. The van der Waals surface area contributed by atoms with Gasteiger partial charge in [-0.25, -0.2) is 13.6 Å². The third-order valence-corrected chi connectivity index (χ3v) is 1.75. The maximum atomic E-state index is 12.8.